The normalized spacial score (nSPS) is 15.8. The van der Waals surface area contributed by atoms with Gasteiger partial charge in [-0.2, -0.15) is 0 Å². The van der Waals surface area contributed by atoms with Crippen LogP contribution in [-0.4, -0.2) is 46.6 Å². The van der Waals surface area contributed by atoms with Gasteiger partial charge in [0.05, 0.1) is 12.3 Å². The van der Waals surface area contributed by atoms with Crippen LogP contribution in [0.4, 0.5) is 5.82 Å². The number of hydrogen-bond donors (Lipinski definition) is 1. The third kappa shape index (κ3) is 4.67. The predicted octanol–water partition coefficient (Wildman–Crippen LogP) is 2.47. The maximum atomic E-state index is 12.3. The first-order valence-corrected chi connectivity index (χ1v) is 9.51. The van der Waals surface area contributed by atoms with E-state index < -0.39 is 0 Å². The summed E-state index contributed by atoms with van der Waals surface area (Å²) in [5.41, 5.74) is 0.860. The molecule has 3 heterocycles. The maximum Gasteiger partial charge on any atom is 0.367 e. The summed E-state index contributed by atoms with van der Waals surface area (Å²) in [5.74, 6) is 0.705. The van der Waals surface area contributed by atoms with E-state index in [2.05, 4.69) is 20.4 Å². The van der Waals surface area contributed by atoms with Crippen molar-refractivity contribution in [2.75, 3.05) is 25.0 Å². The van der Waals surface area contributed by atoms with Crippen LogP contribution in [0.2, 0.25) is 0 Å². The van der Waals surface area contributed by atoms with Crippen molar-refractivity contribution in [3.8, 4) is 0 Å². The minimum absolute atomic E-state index is 0.0174. The zero-order valence-corrected chi connectivity index (χ0v) is 15.7. The van der Waals surface area contributed by atoms with Crippen LogP contribution in [0.15, 0.2) is 16.0 Å². The van der Waals surface area contributed by atoms with Crippen LogP contribution >= 0.6 is 11.3 Å². The Kier molecular flexibility index (Phi) is 6.00. The second-order valence-electron chi connectivity index (χ2n) is 6.23. The van der Waals surface area contributed by atoms with Crippen LogP contribution in [0.3, 0.4) is 0 Å². The number of thiazole rings is 1. The summed E-state index contributed by atoms with van der Waals surface area (Å²) >= 11 is 1.30. The largest absolute Gasteiger partial charge is 0.461 e. The lowest BCUT2D eigenvalue weighted by molar-refractivity contribution is -0.121. The van der Waals surface area contributed by atoms with Crippen LogP contribution < -0.4 is 5.32 Å². The first kappa shape index (κ1) is 18.5. The number of carbonyl (C=O) groups excluding carboxylic acids is 2. The smallest absolute Gasteiger partial charge is 0.367 e. The molecular weight excluding hydrogens is 356 g/mol. The number of esters is 1. The second-order valence-corrected chi connectivity index (χ2v) is 7.09. The molecule has 3 rings (SSSR count). The summed E-state index contributed by atoms with van der Waals surface area (Å²) in [7, 11) is 0. The quantitative estimate of drug-likeness (QED) is 0.771. The standard InChI is InChI=1S/C17H22N4O4S/c1-3-24-17(23)16-18-13(10-26-16)9-21-6-4-12(5-7-21)15(22)19-14-8-11(2)25-20-14/h8,10,12H,3-7,9H2,1-2H3,(H,19,20,22). The van der Waals surface area contributed by atoms with Gasteiger partial charge >= 0.3 is 5.97 Å². The molecule has 1 aliphatic rings. The molecule has 0 aliphatic carbocycles. The highest BCUT2D eigenvalue weighted by Gasteiger charge is 2.26. The number of ether oxygens (including phenoxy) is 1. The number of hydrogen-bond acceptors (Lipinski definition) is 8. The van der Waals surface area contributed by atoms with Gasteiger partial charge in [-0.25, -0.2) is 9.78 Å². The zero-order valence-electron chi connectivity index (χ0n) is 14.9. The Morgan fingerprint density at radius 2 is 2.19 bits per heavy atom. The average molecular weight is 378 g/mol. The molecule has 8 nitrogen and oxygen atoms in total. The van der Waals surface area contributed by atoms with E-state index in [4.69, 9.17) is 9.26 Å². The fourth-order valence-corrected chi connectivity index (χ4v) is 3.60. The minimum atomic E-state index is -0.373. The third-order valence-corrected chi connectivity index (χ3v) is 5.10. The predicted molar refractivity (Wildman–Crippen MR) is 95.9 cm³/mol. The van der Waals surface area contributed by atoms with Crippen molar-refractivity contribution in [2.45, 2.75) is 33.2 Å². The van der Waals surface area contributed by atoms with Gasteiger partial charge in [0, 0.05) is 23.9 Å². The topological polar surface area (TPSA) is 97.6 Å². The molecule has 0 atom stereocenters. The Labute approximate surface area is 155 Å². The number of carbonyl (C=O) groups is 2. The Morgan fingerprint density at radius 1 is 1.42 bits per heavy atom. The molecule has 1 fully saturated rings. The molecule has 0 aromatic carbocycles. The van der Waals surface area contributed by atoms with Gasteiger partial charge in [-0.05, 0) is 39.8 Å². The summed E-state index contributed by atoms with van der Waals surface area (Å²) in [5, 5.41) is 8.86. The van der Waals surface area contributed by atoms with E-state index in [9.17, 15) is 9.59 Å². The molecule has 0 bridgehead atoms. The van der Waals surface area contributed by atoms with Crippen LogP contribution in [0.5, 0.6) is 0 Å². The number of anilines is 1. The molecule has 2 aromatic rings. The summed E-state index contributed by atoms with van der Waals surface area (Å²) < 4.78 is 9.92. The molecule has 0 unspecified atom stereocenters. The molecule has 140 valence electrons. The Balaban J connectivity index is 1.46. The highest BCUT2D eigenvalue weighted by atomic mass is 32.1. The van der Waals surface area contributed by atoms with E-state index in [0.29, 0.717) is 29.7 Å². The number of aromatic nitrogens is 2. The van der Waals surface area contributed by atoms with Gasteiger partial charge in [0.2, 0.25) is 10.9 Å². The molecule has 1 amide bonds. The van der Waals surface area contributed by atoms with Crippen molar-refractivity contribution >= 4 is 29.0 Å². The lowest BCUT2D eigenvalue weighted by atomic mass is 9.96. The van der Waals surface area contributed by atoms with Gasteiger partial charge in [-0.3, -0.25) is 9.69 Å². The number of nitrogens with zero attached hydrogens (tertiary/aromatic N) is 3. The SMILES string of the molecule is CCOC(=O)c1nc(CN2CCC(C(=O)Nc3cc(C)on3)CC2)cs1. The van der Waals surface area contributed by atoms with Crippen molar-refractivity contribution in [3.05, 3.63) is 27.9 Å². The number of amides is 1. The van der Waals surface area contributed by atoms with Crippen molar-refractivity contribution in [1.29, 1.82) is 0 Å². The monoisotopic (exact) mass is 378 g/mol. The molecule has 1 aliphatic heterocycles. The summed E-state index contributed by atoms with van der Waals surface area (Å²) in [6.07, 6.45) is 1.55. The molecule has 1 saturated heterocycles. The van der Waals surface area contributed by atoms with Crippen LogP contribution in [0.25, 0.3) is 0 Å². The number of likely N-dealkylation sites (tertiary alicyclic amines) is 1. The first-order chi connectivity index (χ1) is 12.5. The second kappa shape index (κ2) is 8.41. The highest BCUT2D eigenvalue weighted by molar-refractivity contribution is 7.11. The Bertz CT molecular complexity index is 764. The van der Waals surface area contributed by atoms with Crippen LogP contribution in [-0.2, 0) is 16.1 Å². The van der Waals surface area contributed by atoms with E-state index in [1.807, 2.05) is 5.38 Å². The van der Waals surface area contributed by atoms with E-state index in [-0.39, 0.29) is 17.8 Å². The Hall–Kier alpha value is -2.26. The highest BCUT2D eigenvalue weighted by Crippen LogP contribution is 2.21. The molecule has 0 spiro atoms. The lowest BCUT2D eigenvalue weighted by Gasteiger charge is -2.30. The minimum Gasteiger partial charge on any atom is -0.461 e. The van der Waals surface area contributed by atoms with E-state index in [1.165, 1.54) is 11.3 Å². The number of aryl methyl sites for hydroxylation is 1. The molecule has 26 heavy (non-hydrogen) atoms. The molecular formula is C17H22N4O4S. The van der Waals surface area contributed by atoms with E-state index in [1.54, 1.807) is 19.9 Å². The molecule has 9 heteroatoms. The summed E-state index contributed by atoms with van der Waals surface area (Å²) in [6, 6.07) is 1.70. The summed E-state index contributed by atoms with van der Waals surface area (Å²) in [6.45, 7) is 6.19. The van der Waals surface area contributed by atoms with Gasteiger partial charge in [-0.15, -0.1) is 11.3 Å². The fraction of sp³-hybridized carbons (Fsp3) is 0.529. The number of piperidine rings is 1. The van der Waals surface area contributed by atoms with Gasteiger partial charge in [-0.1, -0.05) is 5.16 Å². The van der Waals surface area contributed by atoms with Crippen LogP contribution in [0, 0.1) is 12.8 Å². The van der Waals surface area contributed by atoms with Crippen molar-refractivity contribution in [1.82, 2.24) is 15.0 Å². The Morgan fingerprint density at radius 3 is 2.85 bits per heavy atom. The number of nitrogens with one attached hydrogen (secondary N) is 1. The molecule has 1 N–H and O–H groups in total. The molecule has 0 radical (unpaired) electrons. The maximum absolute atomic E-state index is 12.3. The third-order valence-electron chi connectivity index (χ3n) is 4.23. The fourth-order valence-electron chi connectivity index (χ4n) is 2.90. The van der Waals surface area contributed by atoms with Gasteiger partial charge < -0.3 is 14.6 Å². The lowest BCUT2D eigenvalue weighted by Crippen LogP contribution is -2.37. The van der Waals surface area contributed by atoms with E-state index >= 15 is 0 Å². The zero-order chi connectivity index (χ0) is 18.5. The number of rotatable bonds is 6. The van der Waals surface area contributed by atoms with Gasteiger partial charge in [0.25, 0.3) is 0 Å². The average Bonchev–Trinajstić information content (AvgIpc) is 3.25. The van der Waals surface area contributed by atoms with E-state index in [0.717, 1.165) is 31.6 Å². The summed E-state index contributed by atoms with van der Waals surface area (Å²) in [4.78, 5) is 30.6. The van der Waals surface area contributed by atoms with Crippen molar-refractivity contribution < 1.29 is 18.8 Å². The molecule has 0 saturated carbocycles. The van der Waals surface area contributed by atoms with Gasteiger partial charge in [0.15, 0.2) is 5.82 Å². The van der Waals surface area contributed by atoms with Crippen LogP contribution in [0.1, 0.15) is 41.0 Å². The van der Waals surface area contributed by atoms with Crippen molar-refractivity contribution in [2.24, 2.45) is 5.92 Å². The molecule has 2 aromatic heterocycles. The van der Waals surface area contributed by atoms with Crippen molar-refractivity contribution in [3.63, 3.8) is 0 Å². The van der Waals surface area contributed by atoms with Gasteiger partial charge in [0.1, 0.15) is 5.76 Å². The first-order valence-electron chi connectivity index (χ1n) is 8.63.